The summed E-state index contributed by atoms with van der Waals surface area (Å²) in [5.74, 6) is -1.01. The Morgan fingerprint density at radius 2 is 1.89 bits per heavy atom. The molecule has 0 saturated heterocycles. The first-order valence-electron chi connectivity index (χ1n) is 6.83. The molecule has 2 amide bonds. The number of rotatable bonds is 3. The number of nitrogens with zero attached hydrogens (tertiary/aromatic N) is 2. The van der Waals surface area contributed by atoms with Crippen LogP contribution >= 0.6 is 0 Å². The van der Waals surface area contributed by atoms with Gasteiger partial charge in [-0.1, -0.05) is 0 Å². The average molecular weight is 262 g/mol. The zero-order valence-electron chi connectivity index (χ0n) is 10.7. The van der Waals surface area contributed by atoms with Gasteiger partial charge in [0.05, 0.1) is 18.4 Å². The summed E-state index contributed by atoms with van der Waals surface area (Å²) in [6.45, 7) is 0. The molecule has 2 fully saturated rings. The fourth-order valence-corrected chi connectivity index (χ4v) is 2.64. The molecule has 3 rings (SSSR count). The summed E-state index contributed by atoms with van der Waals surface area (Å²) in [5.41, 5.74) is 0. The topological polar surface area (TPSA) is 76.0 Å². The summed E-state index contributed by atoms with van der Waals surface area (Å²) in [5, 5.41) is 5.56. The van der Waals surface area contributed by atoms with Crippen molar-refractivity contribution < 1.29 is 9.59 Å². The highest BCUT2D eigenvalue weighted by molar-refractivity contribution is 6.35. The molecule has 0 unspecified atom stereocenters. The quantitative estimate of drug-likeness (QED) is 0.773. The van der Waals surface area contributed by atoms with Gasteiger partial charge < -0.3 is 15.2 Å². The second kappa shape index (κ2) is 5.03. The maximum absolute atomic E-state index is 11.8. The normalized spacial score (nSPS) is 26.1. The van der Waals surface area contributed by atoms with Gasteiger partial charge in [-0.15, -0.1) is 0 Å². The molecule has 102 valence electrons. The second-order valence-corrected chi connectivity index (χ2v) is 5.34. The summed E-state index contributed by atoms with van der Waals surface area (Å²) in [6, 6.07) is 0.443. The van der Waals surface area contributed by atoms with Crippen LogP contribution in [0.3, 0.4) is 0 Å². The molecule has 1 aromatic rings. The second-order valence-electron chi connectivity index (χ2n) is 5.34. The van der Waals surface area contributed by atoms with Gasteiger partial charge in [0, 0.05) is 18.4 Å². The number of imidazole rings is 1. The van der Waals surface area contributed by atoms with Crippen molar-refractivity contribution in [3.8, 4) is 0 Å². The molecule has 6 nitrogen and oxygen atoms in total. The van der Waals surface area contributed by atoms with Crippen LogP contribution in [0.1, 0.15) is 38.1 Å². The number of aromatic nitrogens is 2. The van der Waals surface area contributed by atoms with Gasteiger partial charge in [-0.2, -0.15) is 0 Å². The van der Waals surface area contributed by atoms with Gasteiger partial charge in [0.2, 0.25) is 0 Å². The van der Waals surface area contributed by atoms with E-state index >= 15 is 0 Å². The summed E-state index contributed by atoms with van der Waals surface area (Å²) in [4.78, 5) is 27.5. The summed E-state index contributed by atoms with van der Waals surface area (Å²) in [6.07, 6.45) is 10.3. The number of carbonyl (C=O) groups is 2. The molecule has 19 heavy (non-hydrogen) atoms. The van der Waals surface area contributed by atoms with Gasteiger partial charge in [-0.25, -0.2) is 4.98 Å². The van der Waals surface area contributed by atoms with Gasteiger partial charge in [0.15, 0.2) is 0 Å². The van der Waals surface area contributed by atoms with E-state index in [0.29, 0.717) is 0 Å². The molecule has 2 aliphatic rings. The first kappa shape index (κ1) is 12.2. The van der Waals surface area contributed by atoms with E-state index in [1.165, 1.54) is 0 Å². The molecule has 2 N–H and O–H groups in total. The van der Waals surface area contributed by atoms with Crippen molar-refractivity contribution in [1.29, 1.82) is 0 Å². The van der Waals surface area contributed by atoms with E-state index in [1.54, 1.807) is 12.5 Å². The Morgan fingerprint density at radius 3 is 2.58 bits per heavy atom. The monoisotopic (exact) mass is 262 g/mol. The molecular formula is C13H18N4O2. The lowest BCUT2D eigenvalue weighted by atomic mass is 10.1. The smallest absolute Gasteiger partial charge is 0.309 e. The van der Waals surface area contributed by atoms with Gasteiger partial charge in [0.1, 0.15) is 0 Å². The largest absolute Gasteiger partial charge is 0.345 e. The van der Waals surface area contributed by atoms with Crippen molar-refractivity contribution in [2.75, 3.05) is 0 Å². The molecule has 6 heteroatoms. The summed E-state index contributed by atoms with van der Waals surface area (Å²) >= 11 is 0. The Hall–Kier alpha value is -1.85. The van der Waals surface area contributed by atoms with Crippen LogP contribution < -0.4 is 10.6 Å². The number of carbonyl (C=O) groups excluding carboxylic acids is 2. The fourth-order valence-electron chi connectivity index (χ4n) is 2.64. The number of amides is 2. The standard InChI is InChI=1S/C13H18N4O2/c18-12(15-9-4-5-9)13(19)16-10-2-1-3-11(10)17-7-6-14-8-17/h6-11H,1-5H2,(H,15,18)(H,16,19)/t10-,11-/m1/s1. The lowest BCUT2D eigenvalue weighted by Gasteiger charge is -2.21. The Bertz CT molecular complexity index is 467. The van der Waals surface area contributed by atoms with Crippen LogP contribution in [-0.2, 0) is 9.59 Å². The van der Waals surface area contributed by atoms with Crippen molar-refractivity contribution in [2.24, 2.45) is 0 Å². The number of nitrogens with one attached hydrogen (secondary N) is 2. The van der Waals surface area contributed by atoms with Crippen LogP contribution in [0, 0.1) is 0 Å². The lowest BCUT2D eigenvalue weighted by molar-refractivity contribution is -0.139. The van der Waals surface area contributed by atoms with E-state index < -0.39 is 11.8 Å². The number of hydrogen-bond donors (Lipinski definition) is 2. The van der Waals surface area contributed by atoms with Gasteiger partial charge in [-0.05, 0) is 32.1 Å². The van der Waals surface area contributed by atoms with Crippen LogP contribution in [0.25, 0.3) is 0 Å². The Kier molecular flexibility index (Phi) is 3.23. The maximum atomic E-state index is 11.8. The van der Waals surface area contributed by atoms with E-state index in [2.05, 4.69) is 15.6 Å². The third-order valence-corrected chi connectivity index (χ3v) is 3.82. The molecular weight excluding hydrogens is 244 g/mol. The fraction of sp³-hybridized carbons (Fsp3) is 0.615. The van der Waals surface area contributed by atoms with E-state index in [1.807, 2.05) is 10.8 Å². The average Bonchev–Trinajstić information content (AvgIpc) is 2.90. The van der Waals surface area contributed by atoms with Crippen molar-refractivity contribution in [1.82, 2.24) is 20.2 Å². The third kappa shape index (κ3) is 2.77. The third-order valence-electron chi connectivity index (χ3n) is 3.82. The molecule has 0 bridgehead atoms. The molecule has 0 radical (unpaired) electrons. The minimum atomic E-state index is -0.510. The van der Waals surface area contributed by atoms with Crippen LogP contribution in [0.4, 0.5) is 0 Å². The highest BCUT2D eigenvalue weighted by atomic mass is 16.2. The zero-order chi connectivity index (χ0) is 13.2. The van der Waals surface area contributed by atoms with Gasteiger partial charge in [-0.3, -0.25) is 9.59 Å². The van der Waals surface area contributed by atoms with E-state index in [0.717, 1.165) is 32.1 Å². The first-order chi connectivity index (χ1) is 9.24. The molecule has 0 aliphatic heterocycles. The van der Waals surface area contributed by atoms with Crippen LogP contribution in [0.15, 0.2) is 18.7 Å². The van der Waals surface area contributed by atoms with E-state index in [4.69, 9.17) is 0 Å². The first-order valence-corrected chi connectivity index (χ1v) is 6.83. The highest BCUT2D eigenvalue weighted by Crippen LogP contribution is 2.29. The predicted molar refractivity (Wildman–Crippen MR) is 68.2 cm³/mol. The summed E-state index contributed by atoms with van der Waals surface area (Å²) < 4.78 is 2.01. The van der Waals surface area contributed by atoms with Crippen LogP contribution in [-0.4, -0.2) is 33.4 Å². The van der Waals surface area contributed by atoms with Crippen LogP contribution in [0.5, 0.6) is 0 Å². The molecule has 0 aromatic carbocycles. The van der Waals surface area contributed by atoms with E-state index in [-0.39, 0.29) is 18.1 Å². The minimum Gasteiger partial charge on any atom is -0.345 e. The van der Waals surface area contributed by atoms with Crippen molar-refractivity contribution in [3.63, 3.8) is 0 Å². The molecule has 1 aromatic heterocycles. The molecule has 2 saturated carbocycles. The SMILES string of the molecule is O=C(NC1CC1)C(=O)N[C@@H]1CCC[C@H]1n1ccnc1. The van der Waals surface area contributed by atoms with Crippen molar-refractivity contribution in [3.05, 3.63) is 18.7 Å². The van der Waals surface area contributed by atoms with Gasteiger partial charge >= 0.3 is 11.8 Å². The Morgan fingerprint density at radius 1 is 1.11 bits per heavy atom. The highest BCUT2D eigenvalue weighted by Gasteiger charge is 2.32. The predicted octanol–water partition coefficient (Wildman–Crippen LogP) is 0.371. The Labute approximate surface area is 111 Å². The molecule has 2 aliphatic carbocycles. The maximum Gasteiger partial charge on any atom is 0.309 e. The summed E-state index contributed by atoms with van der Waals surface area (Å²) in [7, 11) is 0. The minimum absolute atomic E-state index is 0.0200. The molecule has 2 atom stereocenters. The number of hydrogen-bond acceptors (Lipinski definition) is 3. The Balaban J connectivity index is 1.58. The lowest BCUT2D eigenvalue weighted by Crippen LogP contribution is -2.46. The van der Waals surface area contributed by atoms with Crippen molar-refractivity contribution in [2.45, 2.75) is 50.2 Å². The molecule has 0 spiro atoms. The molecule has 1 heterocycles. The van der Waals surface area contributed by atoms with Gasteiger partial charge in [0.25, 0.3) is 0 Å². The van der Waals surface area contributed by atoms with E-state index in [9.17, 15) is 9.59 Å². The van der Waals surface area contributed by atoms with Crippen molar-refractivity contribution >= 4 is 11.8 Å². The van der Waals surface area contributed by atoms with Crippen LogP contribution in [0.2, 0.25) is 0 Å². The zero-order valence-corrected chi connectivity index (χ0v) is 10.7.